The summed E-state index contributed by atoms with van der Waals surface area (Å²) >= 11 is 0. The molecule has 0 saturated heterocycles. The predicted molar refractivity (Wildman–Crippen MR) is 100 cm³/mol. The minimum Gasteiger partial charge on any atom is -0.492 e. The SMILES string of the molecule is Fc1cc2c(c(OCCNCCc3c[nH]c4ccc(F)cc34)c1)COCC2. The molecular weight excluding hydrogens is 350 g/mol. The van der Waals surface area contributed by atoms with E-state index in [2.05, 4.69) is 10.3 Å². The second-order valence-corrected chi connectivity index (χ2v) is 6.70. The summed E-state index contributed by atoms with van der Waals surface area (Å²) in [6, 6.07) is 7.74. The van der Waals surface area contributed by atoms with Gasteiger partial charge in [0.2, 0.25) is 0 Å². The number of hydrogen-bond donors (Lipinski definition) is 2. The summed E-state index contributed by atoms with van der Waals surface area (Å²) in [4.78, 5) is 3.16. The van der Waals surface area contributed by atoms with Gasteiger partial charge in [-0.15, -0.1) is 0 Å². The van der Waals surface area contributed by atoms with Crippen molar-refractivity contribution in [2.45, 2.75) is 19.4 Å². The van der Waals surface area contributed by atoms with Crippen LogP contribution in [0.3, 0.4) is 0 Å². The van der Waals surface area contributed by atoms with Gasteiger partial charge in [-0.2, -0.15) is 0 Å². The van der Waals surface area contributed by atoms with Crippen LogP contribution in [0.15, 0.2) is 36.5 Å². The Morgan fingerprint density at radius 1 is 1.11 bits per heavy atom. The minimum absolute atomic E-state index is 0.230. The van der Waals surface area contributed by atoms with Crippen LogP contribution >= 0.6 is 0 Å². The number of nitrogens with one attached hydrogen (secondary N) is 2. The number of rotatable bonds is 7. The number of fused-ring (bicyclic) bond motifs is 2. The van der Waals surface area contributed by atoms with E-state index in [9.17, 15) is 8.78 Å². The average Bonchev–Trinajstić information content (AvgIpc) is 3.06. The first-order valence-corrected chi connectivity index (χ1v) is 9.19. The fraction of sp³-hybridized carbons (Fsp3) is 0.333. The van der Waals surface area contributed by atoms with Crippen molar-refractivity contribution in [2.75, 3.05) is 26.3 Å². The molecule has 0 radical (unpaired) electrons. The lowest BCUT2D eigenvalue weighted by molar-refractivity contribution is 0.107. The van der Waals surface area contributed by atoms with Crippen LogP contribution in [0.1, 0.15) is 16.7 Å². The Hall–Kier alpha value is -2.44. The van der Waals surface area contributed by atoms with E-state index in [1.807, 2.05) is 6.20 Å². The molecule has 6 heteroatoms. The number of hydrogen-bond acceptors (Lipinski definition) is 3. The van der Waals surface area contributed by atoms with Crippen LogP contribution in [0.4, 0.5) is 8.78 Å². The van der Waals surface area contributed by atoms with Crippen LogP contribution in [0.2, 0.25) is 0 Å². The molecule has 27 heavy (non-hydrogen) atoms. The van der Waals surface area contributed by atoms with Gasteiger partial charge < -0.3 is 19.8 Å². The molecule has 2 N–H and O–H groups in total. The van der Waals surface area contributed by atoms with Crippen molar-refractivity contribution in [1.29, 1.82) is 0 Å². The second-order valence-electron chi connectivity index (χ2n) is 6.70. The molecule has 0 aliphatic carbocycles. The van der Waals surface area contributed by atoms with Crippen LogP contribution in [0.25, 0.3) is 10.9 Å². The Morgan fingerprint density at radius 2 is 2.04 bits per heavy atom. The molecule has 0 fully saturated rings. The lowest BCUT2D eigenvalue weighted by Crippen LogP contribution is -2.24. The number of halogens is 2. The number of H-pyrrole nitrogens is 1. The van der Waals surface area contributed by atoms with Crippen LogP contribution in [0.5, 0.6) is 5.75 Å². The fourth-order valence-corrected chi connectivity index (χ4v) is 3.48. The zero-order valence-corrected chi connectivity index (χ0v) is 15.0. The number of aromatic nitrogens is 1. The van der Waals surface area contributed by atoms with Gasteiger partial charge in [-0.25, -0.2) is 8.78 Å². The van der Waals surface area contributed by atoms with Gasteiger partial charge in [0.1, 0.15) is 24.0 Å². The summed E-state index contributed by atoms with van der Waals surface area (Å²) in [7, 11) is 0. The van der Waals surface area contributed by atoms with E-state index in [-0.39, 0.29) is 11.6 Å². The largest absolute Gasteiger partial charge is 0.492 e. The van der Waals surface area contributed by atoms with Gasteiger partial charge in [0.05, 0.1) is 13.2 Å². The number of aromatic amines is 1. The van der Waals surface area contributed by atoms with Crippen molar-refractivity contribution < 1.29 is 18.3 Å². The molecule has 1 aliphatic rings. The van der Waals surface area contributed by atoms with Gasteiger partial charge >= 0.3 is 0 Å². The monoisotopic (exact) mass is 372 g/mol. The summed E-state index contributed by atoms with van der Waals surface area (Å²) in [6.45, 7) is 2.92. The van der Waals surface area contributed by atoms with Gasteiger partial charge in [0.15, 0.2) is 0 Å². The summed E-state index contributed by atoms with van der Waals surface area (Å²) in [5.74, 6) is 0.0656. The van der Waals surface area contributed by atoms with Crippen molar-refractivity contribution >= 4 is 10.9 Å². The number of ether oxygens (including phenoxy) is 2. The molecule has 0 spiro atoms. The molecule has 0 unspecified atom stereocenters. The first-order chi connectivity index (χ1) is 13.2. The van der Waals surface area contributed by atoms with Crippen molar-refractivity contribution in [3.63, 3.8) is 0 Å². The van der Waals surface area contributed by atoms with Gasteiger partial charge in [-0.1, -0.05) is 0 Å². The summed E-state index contributed by atoms with van der Waals surface area (Å²) in [5.41, 5.74) is 3.93. The second kappa shape index (κ2) is 8.06. The first-order valence-electron chi connectivity index (χ1n) is 9.19. The Kier molecular flexibility index (Phi) is 5.36. The van der Waals surface area contributed by atoms with Gasteiger partial charge in [-0.3, -0.25) is 0 Å². The fourth-order valence-electron chi connectivity index (χ4n) is 3.48. The summed E-state index contributed by atoms with van der Waals surface area (Å²) in [6.07, 6.45) is 3.42. The van der Waals surface area contributed by atoms with Crippen molar-refractivity contribution in [3.8, 4) is 5.75 Å². The molecule has 0 atom stereocenters. The van der Waals surface area contributed by atoms with Crippen molar-refractivity contribution in [2.24, 2.45) is 0 Å². The van der Waals surface area contributed by atoms with Gasteiger partial charge in [-0.05, 0) is 54.8 Å². The normalized spacial score (nSPS) is 13.7. The van der Waals surface area contributed by atoms with Gasteiger partial charge in [0.25, 0.3) is 0 Å². The van der Waals surface area contributed by atoms with Crippen molar-refractivity contribution in [1.82, 2.24) is 10.3 Å². The predicted octanol–water partition coefficient (Wildman–Crippen LogP) is 3.73. The Morgan fingerprint density at radius 3 is 2.96 bits per heavy atom. The molecule has 142 valence electrons. The highest BCUT2D eigenvalue weighted by atomic mass is 19.1. The van der Waals surface area contributed by atoms with E-state index in [1.165, 1.54) is 12.1 Å². The minimum atomic E-state index is -0.273. The van der Waals surface area contributed by atoms with E-state index in [0.717, 1.165) is 40.6 Å². The zero-order chi connectivity index (χ0) is 18.6. The molecule has 0 amide bonds. The van der Waals surface area contributed by atoms with Crippen LogP contribution in [0, 0.1) is 11.6 Å². The average molecular weight is 372 g/mol. The summed E-state index contributed by atoms with van der Waals surface area (Å²) < 4.78 is 38.4. The highest BCUT2D eigenvalue weighted by molar-refractivity contribution is 5.83. The maximum absolute atomic E-state index is 13.7. The molecule has 2 heterocycles. The standard InChI is InChI=1S/C21H22F2N2O2/c22-16-1-2-20-18(10-16)15(12-25-20)3-5-24-6-8-27-21-11-17(23)9-14-4-7-26-13-19(14)21/h1-2,9-12,24-25H,3-8,13H2. The Labute approximate surface area is 156 Å². The van der Waals surface area contributed by atoms with Crippen LogP contribution in [-0.4, -0.2) is 31.3 Å². The summed E-state index contributed by atoms with van der Waals surface area (Å²) in [5, 5.41) is 4.23. The van der Waals surface area contributed by atoms with E-state index in [0.29, 0.717) is 38.5 Å². The molecule has 1 aromatic heterocycles. The molecule has 3 aromatic rings. The quantitative estimate of drug-likeness (QED) is 0.621. The lowest BCUT2D eigenvalue weighted by atomic mass is 10.0. The molecule has 0 saturated carbocycles. The van der Waals surface area contributed by atoms with Crippen LogP contribution < -0.4 is 10.1 Å². The highest BCUT2D eigenvalue weighted by Gasteiger charge is 2.16. The first kappa shape index (κ1) is 17.9. The van der Waals surface area contributed by atoms with E-state index >= 15 is 0 Å². The van der Waals surface area contributed by atoms with E-state index < -0.39 is 0 Å². The molecule has 0 bridgehead atoms. The third-order valence-electron chi connectivity index (χ3n) is 4.87. The van der Waals surface area contributed by atoms with Crippen LogP contribution in [-0.2, 0) is 24.2 Å². The molecule has 4 nitrogen and oxygen atoms in total. The maximum atomic E-state index is 13.7. The molecule has 4 rings (SSSR count). The van der Waals surface area contributed by atoms with E-state index in [4.69, 9.17) is 9.47 Å². The Bertz CT molecular complexity index is 939. The maximum Gasteiger partial charge on any atom is 0.128 e. The van der Waals surface area contributed by atoms with Gasteiger partial charge in [0, 0.05) is 35.3 Å². The molecule has 2 aromatic carbocycles. The van der Waals surface area contributed by atoms with Crippen molar-refractivity contribution in [3.05, 3.63) is 64.9 Å². The number of benzene rings is 2. The molecule has 1 aliphatic heterocycles. The van der Waals surface area contributed by atoms with E-state index in [1.54, 1.807) is 18.2 Å². The lowest BCUT2D eigenvalue weighted by Gasteiger charge is -2.20. The molecular formula is C21H22F2N2O2. The zero-order valence-electron chi connectivity index (χ0n) is 15.0. The third-order valence-corrected chi connectivity index (χ3v) is 4.87. The Balaban J connectivity index is 1.26. The topological polar surface area (TPSA) is 46.3 Å². The third kappa shape index (κ3) is 4.12. The highest BCUT2D eigenvalue weighted by Crippen LogP contribution is 2.28. The smallest absolute Gasteiger partial charge is 0.128 e.